The zero-order valence-electron chi connectivity index (χ0n) is 8.28. The van der Waals surface area contributed by atoms with Crippen molar-refractivity contribution in [2.45, 2.75) is 0 Å². The predicted molar refractivity (Wildman–Crippen MR) is 63.7 cm³/mol. The second kappa shape index (κ2) is 4.64. The number of carbonyl (C=O) groups excluding carboxylic acids is 1. The molecule has 0 saturated heterocycles. The van der Waals surface area contributed by atoms with Crippen molar-refractivity contribution in [3.63, 3.8) is 0 Å². The topological polar surface area (TPSA) is 80.9 Å². The summed E-state index contributed by atoms with van der Waals surface area (Å²) in [7, 11) is 0. The first-order valence-electron chi connectivity index (χ1n) is 4.41. The number of nitrogen functional groups attached to an aromatic ring is 1. The summed E-state index contributed by atoms with van der Waals surface area (Å²) in [6.07, 6.45) is 0. The molecular weight excluding hydrogens is 267 g/mol. The van der Waals surface area contributed by atoms with Gasteiger partial charge >= 0.3 is 0 Å². The van der Waals surface area contributed by atoms with Gasteiger partial charge in [-0.1, -0.05) is 22.9 Å². The lowest BCUT2D eigenvalue weighted by molar-refractivity contribution is 0.102. The highest BCUT2D eigenvalue weighted by atomic mass is 35.5. The molecule has 1 amide bonds. The Morgan fingerprint density at radius 1 is 1.47 bits per heavy atom. The van der Waals surface area contributed by atoms with E-state index in [4.69, 9.17) is 17.3 Å². The Morgan fingerprint density at radius 3 is 2.88 bits per heavy atom. The summed E-state index contributed by atoms with van der Waals surface area (Å²) in [6.45, 7) is 0. The number of amides is 1. The molecule has 0 bridgehead atoms. The second-order valence-corrected chi connectivity index (χ2v) is 4.47. The molecule has 0 aliphatic heterocycles. The highest BCUT2D eigenvalue weighted by Gasteiger charge is 2.14. The van der Waals surface area contributed by atoms with Crippen LogP contribution in [0.3, 0.4) is 0 Å². The molecule has 8 heteroatoms. The van der Waals surface area contributed by atoms with Gasteiger partial charge in [0.1, 0.15) is 5.82 Å². The number of nitrogens with zero attached hydrogens (tertiary/aromatic N) is 2. The summed E-state index contributed by atoms with van der Waals surface area (Å²) in [4.78, 5) is 11.7. The van der Waals surface area contributed by atoms with Crippen LogP contribution in [0.25, 0.3) is 0 Å². The van der Waals surface area contributed by atoms with Crippen molar-refractivity contribution in [2.75, 3.05) is 11.1 Å². The van der Waals surface area contributed by atoms with E-state index in [1.54, 1.807) is 0 Å². The molecule has 5 nitrogen and oxygen atoms in total. The number of hydrogen-bond donors (Lipinski definition) is 2. The van der Waals surface area contributed by atoms with Gasteiger partial charge in [0.25, 0.3) is 5.91 Å². The molecule has 0 aliphatic carbocycles. The number of hydrogen-bond acceptors (Lipinski definition) is 5. The molecule has 0 aliphatic rings. The number of halogens is 2. The fourth-order valence-electron chi connectivity index (χ4n) is 1.12. The largest absolute Gasteiger partial charge is 0.374 e. The van der Waals surface area contributed by atoms with E-state index in [0.717, 1.165) is 17.4 Å². The van der Waals surface area contributed by atoms with Gasteiger partial charge in [0, 0.05) is 5.02 Å². The SMILES string of the molecule is Nc1nnc(NC(=O)c2cc(Cl)ccc2F)s1. The van der Waals surface area contributed by atoms with E-state index in [1.165, 1.54) is 12.1 Å². The molecule has 0 atom stereocenters. The summed E-state index contributed by atoms with van der Waals surface area (Å²) < 4.78 is 13.4. The first kappa shape index (κ1) is 11.7. The number of nitrogens with two attached hydrogens (primary N) is 1. The zero-order chi connectivity index (χ0) is 12.4. The summed E-state index contributed by atoms with van der Waals surface area (Å²) >= 11 is 6.66. The van der Waals surface area contributed by atoms with Gasteiger partial charge in [-0.05, 0) is 18.2 Å². The maximum atomic E-state index is 13.4. The lowest BCUT2D eigenvalue weighted by Gasteiger charge is -2.02. The summed E-state index contributed by atoms with van der Waals surface area (Å²) in [5.74, 6) is -1.31. The van der Waals surface area contributed by atoms with Crippen molar-refractivity contribution in [2.24, 2.45) is 0 Å². The molecule has 0 fully saturated rings. The quantitative estimate of drug-likeness (QED) is 0.878. The van der Waals surface area contributed by atoms with Crippen LogP contribution in [-0.2, 0) is 0 Å². The van der Waals surface area contributed by atoms with Crippen molar-refractivity contribution in [1.82, 2.24) is 10.2 Å². The Labute approximate surface area is 104 Å². The van der Waals surface area contributed by atoms with Gasteiger partial charge in [-0.25, -0.2) is 4.39 Å². The Kier molecular flexibility index (Phi) is 3.21. The molecule has 1 heterocycles. The third kappa shape index (κ3) is 2.69. The highest BCUT2D eigenvalue weighted by Crippen LogP contribution is 2.19. The summed E-state index contributed by atoms with van der Waals surface area (Å²) in [5, 5.41) is 10.2. The lowest BCUT2D eigenvalue weighted by Crippen LogP contribution is -2.13. The minimum atomic E-state index is -0.663. The molecule has 0 spiro atoms. The number of benzene rings is 1. The molecule has 3 N–H and O–H groups in total. The van der Waals surface area contributed by atoms with Crippen molar-refractivity contribution in [1.29, 1.82) is 0 Å². The molecule has 88 valence electrons. The van der Waals surface area contributed by atoms with Gasteiger partial charge in [0.15, 0.2) is 0 Å². The fraction of sp³-hybridized carbons (Fsp3) is 0. The highest BCUT2D eigenvalue weighted by molar-refractivity contribution is 7.19. The van der Waals surface area contributed by atoms with Gasteiger partial charge in [0.2, 0.25) is 10.3 Å². The van der Waals surface area contributed by atoms with Crippen LogP contribution in [0.4, 0.5) is 14.7 Å². The molecule has 1 aromatic heterocycles. The van der Waals surface area contributed by atoms with E-state index in [9.17, 15) is 9.18 Å². The third-order valence-corrected chi connectivity index (χ3v) is 2.74. The van der Waals surface area contributed by atoms with E-state index < -0.39 is 11.7 Å². The van der Waals surface area contributed by atoms with Gasteiger partial charge in [-0.3, -0.25) is 10.1 Å². The number of carbonyl (C=O) groups is 1. The monoisotopic (exact) mass is 272 g/mol. The van der Waals surface area contributed by atoms with Crippen LogP contribution >= 0.6 is 22.9 Å². The average molecular weight is 273 g/mol. The standard InChI is InChI=1S/C9H6ClFN4OS/c10-4-1-2-6(11)5(3-4)7(16)13-9-15-14-8(12)17-9/h1-3H,(H2,12,14)(H,13,15,16). The van der Waals surface area contributed by atoms with Gasteiger partial charge in [0.05, 0.1) is 5.56 Å². The minimum absolute atomic E-state index is 0.161. The third-order valence-electron chi connectivity index (χ3n) is 1.83. The molecule has 1 aromatic carbocycles. The van der Waals surface area contributed by atoms with Crippen LogP contribution in [0.5, 0.6) is 0 Å². The van der Waals surface area contributed by atoms with Crippen LogP contribution in [0.15, 0.2) is 18.2 Å². The normalized spacial score (nSPS) is 10.2. The maximum Gasteiger partial charge on any atom is 0.260 e. The minimum Gasteiger partial charge on any atom is -0.374 e. The van der Waals surface area contributed by atoms with Gasteiger partial charge < -0.3 is 5.73 Å². The average Bonchev–Trinajstić information content (AvgIpc) is 2.67. The van der Waals surface area contributed by atoms with Crippen LogP contribution in [-0.4, -0.2) is 16.1 Å². The summed E-state index contributed by atoms with van der Waals surface area (Å²) in [6, 6.07) is 3.71. The lowest BCUT2D eigenvalue weighted by atomic mass is 10.2. The first-order chi connectivity index (χ1) is 8.06. The van der Waals surface area contributed by atoms with E-state index in [-0.39, 0.29) is 20.8 Å². The molecule has 2 aromatic rings. The molecule has 17 heavy (non-hydrogen) atoms. The van der Waals surface area contributed by atoms with Gasteiger partial charge in [-0.15, -0.1) is 10.2 Å². The van der Waals surface area contributed by atoms with Crippen LogP contribution in [0.1, 0.15) is 10.4 Å². The zero-order valence-corrected chi connectivity index (χ0v) is 9.85. The van der Waals surface area contributed by atoms with Crippen LogP contribution in [0, 0.1) is 5.82 Å². The Balaban J connectivity index is 2.22. The Hall–Kier alpha value is -1.73. The molecular formula is C9H6ClFN4OS. The van der Waals surface area contributed by atoms with Crippen molar-refractivity contribution >= 4 is 39.1 Å². The number of aromatic nitrogens is 2. The van der Waals surface area contributed by atoms with Crippen molar-refractivity contribution in [3.05, 3.63) is 34.6 Å². The van der Waals surface area contributed by atoms with E-state index in [0.29, 0.717) is 0 Å². The van der Waals surface area contributed by atoms with E-state index in [2.05, 4.69) is 15.5 Å². The number of anilines is 2. The fourth-order valence-corrected chi connectivity index (χ4v) is 1.80. The number of rotatable bonds is 2. The van der Waals surface area contributed by atoms with Gasteiger partial charge in [-0.2, -0.15) is 0 Å². The summed E-state index contributed by atoms with van der Waals surface area (Å²) in [5.41, 5.74) is 5.18. The Morgan fingerprint density at radius 2 is 2.24 bits per heavy atom. The van der Waals surface area contributed by atoms with Crippen LogP contribution < -0.4 is 11.1 Å². The molecule has 0 radical (unpaired) electrons. The Bertz CT molecular complexity index is 574. The van der Waals surface area contributed by atoms with E-state index in [1.807, 2.05) is 0 Å². The molecule has 0 saturated carbocycles. The maximum absolute atomic E-state index is 13.4. The van der Waals surface area contributed by atoms with Crippen molar-refractivity contribution in [3.8, 4) is 0 Å². The molecule has 2 rings (SSSR count). The van der Waals surface area contributed by atoms with Crippen molar-refractivity contribution < 1.29 is 9.18 Å². The predicted octanol–water partition coefficient (Wildman–Crippen LogP) is 2.17. The second-order valence-electron chi connectivity index (χ2n) is 3.02. The van der Waals surface area contributed by atoms with Crippen LogP contribution in [0.2, 0.25) is 5.02 Å². The smallest absolute Gasteiger partial charge is 0.260 e. The number of nitrogens with one attached hydrogen (secondary N) is 1. The van der Waals surface area contributed by atoms with E-state index >= 15 is 0 Å². The molecule has 0 unspecified atom stereocenters. The first-order valence-corrected chi connectivity index (χ1v) is 5.61.